The van der Waals surface area contributed by atoms with E-state index in [0.717, 1.165) is 57.4 Å². The third kappa shape index (κ3) is 3.53. The molecule has 3 fully saturated rings. The van der Waals surface area contributed by atoms with Crippen LogP contribution in [0.2, 0.25) is 0 Å². The third-order valence-electron chi connectivity index (χ3n) is 6.41. The van der Waals surface area contributed by atoms with E-state index in [1.807, 2.05) is 22.7 Å². The van der Waals surface area contributed by atoms with E-state index < -0.39 is 0 Å². The van der Waals surface area contributed by atoms with Crippen molar-refractivity contribution in [2.24, 2.45) is 18.2 Å². The Morgan fingerprint density at radius 1 is 1.44 bits per heavy atom. The third-order valence-corrected chi connectivity index (χ3v) is 6.41. The van der Waals surface area contributed by atoms with E-state index in [1.54, 1.807) is 6.20 Å². The van der Waals surface area contributed by atoms with Crippen LogP contribution in [0.1, 0.15) is 44.3 Å². The minimum atomic E-state index is -0.0202. The van der Waals surface area contributed by atoms with Crippen molar-refractivity contribution < 1.29 is 4.79 Å². The summed E-state index contributed by atoms with van der Waals surface area (Å²) in [5, 5.41) is 6.54. The molecule has 0 bridgehead atoms. The quantitative estimate of drug-likeness (QED) is 0.716. The van der Waals surface area contributed by atoms with Crippen LogP contribution in [0.15, 0.2) is 12.4 Å². The number of aryl methyl sites for hydroxylation is 1. The molecule has 1 atom stereocenters. The number of urea groups is 1. The maximum absolute atomic E-state index is 12.9. The molecular weight excluding hydrogens is 316 g/mol. The largest absolute Gasteiger partial charge is 0.338 e. The number of imidazole rings is 1. The predicted molar refractivity (Wildman–Crippen MR) is 95.9 cm³/mol. The summed E-state index contributed by atoms with van der Waals surface area (Å²) in [6.45, 7) is 3.35. The van der Waals surface area contributed by atoms with Crippen LogP contribution in [-0.4, -0.2) is 51.7 Å². The Bertz CT molecular complexity index is 631. The van der Waals surface area contributed by atoms with Gasteiger partial charge < -0.3 is 25.8 Å². The van der Waals surface area contributed by atoms with E-state index >= 15 is 0 Å². The van der Waals surface area contributed by atoms with Gasteiger partial charge in [-0.25, -0.2) is 9.78 Å². The van der Waals surface area contributed by atoms with Crippen molar-refractivity contribution in [3.63, 3.8) is 0 Å². The Hall–Kier alpha value is -1.60. The minimum Gasteiger partial charge on any atom is -0.338 e. The zero-order chi connectivity index (χ0) is 17.5. The van der Waals surface area contributed by atoms with Crippen LogP contribution in [0.4, 0.5) is 4.79 Å². The highest BCUT2D eigenvalue weighted by Gasteiger charge is 2.58. The van der Waals surface area contributed by atoms with Gasteiger partial charge in [0.1, 0.15) is 5.82 Å². The second-order valence-corrected chi connectivity index (χ2v) is 8.26. The average molecular weight is 346 g/mol. The summed E-state index contributed by atoms with van der Waals surface area (Å²) in [6, 6.07) is 0.367. The van der Waals surface area contributed by atoms with Crippen LogP contribution in [0.25, 0.3) is 0 Å². The normalized spacial score (nSPS) is 25.6. The number of rotatable bonds is 6. The Morgan fingerprint density at radius 2 is 2.20 bits per heavy atom. The summed E-state index contributed by atoms with van der Waals surface area (Å²) in [5.41, 5.74) is 6.44. The maximum Gasteiger partial charge on any atom is 0.318 e. The summed E-state index contributed by atoms with van der Waals surface area (Å²) in [5.74, 6) is 0.934. The Balaban J connectivity index is 1.42. The lowest BCUT2D eigenvalue weighted by Gasteiger charge is -2.29. The minimum absolute atomic E-state index is 0.0202. The van der Waals surface area contributed by atoms with Gasteiger partial charge in [-0.05, 0) is 57.0 Å². The number of amides is 2. The van der Waals surface area contributed by atoms with Gasteiger partial charge in [-0.2, -0.15) is 0 Å². The molecule has 138 valence electrons. The van der Waals surface area contributed by atoms with E-state index in [0.29, 0.717) is 24.5 Å². The lowest BCUT2D eigenvalue weighted by atomic mass is 9.93. The number of piperidine rings is 1. The summed E-state index contributed by atoms with van der Waals surface area (Å²) in [4.78, 5) is 19.4. The molecule has 2 amide bonds. The van der Waals surface area contributed by atoms with Gasteiger partial charge in [0.25, 0.3) is 0 Å². The van der Waals surface area contributed by atoms with Crippen LogP contribution in [0.3, 0.4) is 0 Å². The number of nitrogens with one attached hydrogen (secondary N) is 2. The second-order valence-electron chi connectivity index (χ2n) is 8.26. The zero-order valence-corrected chi connectivity index (χ0v) is 15.1. The van der Waals surface area contributed by atoms with Crippen molar-refractivity contribution in [2.75, 3.05) is 19.6 Å². The monoisotopic (exact) mass is 346 g/mol. The van der Waals surface area contributed by atoms with E-state index in [-0.39, 0.29) is 11.6 Å². The summed E-state index contributed by atoms with van der Waals surface area (Å²) >= 11 is 0. The highest BCUT2D eigenvalue weighted by Crippen LogP contribution is 2.56. The summed E-state index contributed by atoms with van der Waals surface area (Å²) < 4.78 is 2.00. The van der Waals surface area contributed by atoms with Gasteiger partial charge >= 0.3 is 6.03 Å². The fourth-order valence-corrected chi connectivity index (χ4v) is 4.18. The van der Waals surface area contributed by atoms with Crippen LogP contribution >= 0.6 is 0 Å². The average Bonchev–Trinajstić information content (AvgIpc) is 3.45. The second kappa shape index (κ2) is 6.29. The van der Waals surface area contributed by atoms with Gasteiger partial charge in [-0.1, -0.05) is 0 Å². The highest BCUT2D eigenvalue weighted by molar-refractivity contribution is 5.75. The molecule has 7 nitrogen and oxygen atoms in total. The number of carbonyl (C=O) groups is 1. The molecule has 1 saturated heterocycles. The molecular formula is C18H30N6O. The first-order valence-electron chi connectivity index (χ1n) is 9.52. The molecule has 4 rings (SSSR count). The Morgan fingerprint density at radius 3 is 2.84 bits per heavy atom. The molecule has 1 aliphatic heterocycles. The molecule has 1 unspecified atom stereocenters. The van der Waals surface area contributed by atoms with Gasteiger partial charge in [-0.3, -0.25) is 0 Å². The lowest BCUT2D eigenvalue weighted by Crippen LogP contribution is -2.45. The van der Waals surface area contributed by atoms with E-state index in [9.17, 15) is 4.79 Å². The van der Waals surface area contributed by atoms with Crippen LogP contribution in [0, 0.1) is 5.41 Å². The SMILES string of the molecule is Cn1ccnc1CN(C(=O)NCCC1(N)CC1)C1CC12CCNCC2. The first-order chi connectivity index (χ1) is 12.0. The van der Waals surface area contributed by atoms with Crippen molar-refractivity contribution in [3.05, 3.63) is 18.2 Å². The molecule has 1 aromatic heterocycles. The number of hydrogen-bond acceptors (Lipinski definition) is 4. The lowest BCUT2D eigenvalue weighted by molar-refractivity contribution is 0.172. The van der Waals surface area contributed by atoms with Crippen molar-refractivity contribution in [3.8, 4) is 0 Å². The molecule has 7 heteroatoms. The van der Waals surface area contributed by atoms with Crippen molar-refractivity contribution in [2.45, 2.75) is 56.7 Å². The fourth-order valence-electron chi connectivity index (χ4n) is 4.18. The summed E-state index contributed by atoms with van der Waals surface area (Å²) in [7, 11) is 1.98. The number of hydrogen-bond donors (Lipinski definition) is 3. The molecule has 1 aromatic rings. The van der Waals surface area contributed by atoms with Crippen molar-refractivity contribution in [1.82, 2.24) is 25.1 Å². The van der Waals surface area contributed by atoms with Crippen LogP contribution in [-0.2, 0) is 13.6 Å². The molecule has 0 aromatic carbocycles. The van der Waals surface area contributed by atoms with Gasteiger partial charge in [0.15, 0.2) is 0 Å². The molecule has 2 heterocycles. The first kappa shape index (κ1) is 16.8. The summed E-state index contributed by atoms with van der Waals surface area (Å²) in [6.07, 6.45) is 10.2. The molecule has 3 aliphatic rings. The van der Waals surface area contributed by atoms with Gasteiger partial charge in [0.2, 0.25) is 0 Å². The maximum atomic E-state index is 12.9. The van der Waals surface area contributed by atoms with E-state index in [4.69, 9.17) is 5.73 Å². The standard InChI is InChI=1S/C18H30N6O/c1-23-11-10-21-15(23)13-24(14-12-17(14)4-7-20-8-5-17)16(25)22-9-6-18(19)2-3-18/h10-11,14,20H,2-9,12-13,19H2,1H3,(H,22,25). The van der Waals surface area contributed by atoms with E-state index in [2.05, 4.69) is 15.6 Å². The van der Waals surface area contributed by atoms with Gasteiger partial charge in [-0.15, -0.1) is 0 Å². The Labute approximate surface area is 149 Å². The Kier molecular flexibility index (Phi) is 4.24. The van der Waals surface area contributed by atoms with Crippen LogP contribution in [0.5, 0.6) is 0 Å². The molecule has 1 spiro atoms. The molecule has 0 radical (unpaired) electrons. The smallest absolute Gasteiger partial charge is 0.318 e. The highest BCUT2D eigenvalue weighted by atomic mass is 16.2. The zero-order valence-electron chi connectivity index (χ0n) is 15.1. The topological polar surface area (TPSA) is 88.2 Å². The molecule has 25 heavy (non-hydrogen) atoms. The van der Waals surface area contributed by atoms with E-state index in [1.165, 1.54) is 0 Å². The molecule has 4 N–H and O–H groups in total. The fraction of sp³-hybridized carbons (Fsp3) is 0.778. The number of carbonyl (C=O) groups excluding carboxylic acids is 1. The van der Waals surface area contributed by atoms with Crippen LogP contribution < -0.4 is 16.4 Å². The molecule has 2 aliphatic carbocycles. The predicted octanol–water partition coefficient (Wildman–Crippen LogP) is 0.955. The van der Waals surface area contributed by atoms with Crippen molar-refractivity contribution in [1.29, 1.82) is 0 Å². The van der Waals surface area contributed by atoms with Crippen molar-refractivity contribution >= 4 is 6.03 Å². The van der Waals surface area contributed by atoms with Gasteiger partial charge in [0.05, 0.1) is 6.54 Å². The first-order valence-corrected chi connectivity index (χ1v) is 9.52. The van der Waals surface area contributed by atoms with Gasteiger partial charge in [0, 0.05) is 37.6 Å². The number of aromatic nitrogens is 2. The molecule has 2 saturated carbocycles. The number of nitrogens with zero attached hydrogens (tertiary/aromatic N) is 3. The number of nitrogens with two attached hydrogens (primary N) is 1.